The quantitative estimate of drug-likeness (QED) is 0.796. The van der Waals surface area contributed by atoms with Crippen molar-refractivity contribution in [1.82, 2.24) is 4.90 Å². The monoisotopic (exact) mass is 229 g/mol. The molecule has 1 aromatic rings. The number of halogens is 2. The van der Waals surface area contributed by atoms with Gasteiger partial charge in [0.25, 0.3) is 0 Å². The van der Waals surface area contributed by atoms with Crippen molar-refractivity contribution in [2.75, 3.05) is 20.1 Å². The fourth-order valence-corrected chi connectivity index (χ4v) is 2.23. The van der Waals surface area contributed by atoms with Gasteiger partial charge < -0.3 is 10.0 Å². The highest BCUT2D eigenvalue weighted by molar-refractivity contribution is 6.30. The standard InChI is InChI=1S/C11H13ClFNO/c1-14-5-4-11(15,7-14)9-3-2-8(12)6-10(9)13/h2-3,6,15H,4-5,7H2,1H3. The third-order valence-corrected chi connectivity index (χ3v) is 3.11. The maximum atomic E-state index is 13.6. The van der Waals surface area contributed by atoms with E-state index in [1.165, 1.54) is 6.07 Å². The van der Waals surface area contributed by atoms with E-state index in [4.69, 9.17) is 11.6 Å². The van der Waals surface area contributed by atoms with Crippen molar-refractivity contribution in [2.24, 2.45) is 0 Å². The maximum Gasteiger partial charge on any atom is 0.130 e. The lowest BCUT2D eigenvalue weighted by molar-refractivity contribution is 0.0452. The molecular formula is C11H13ClFNO. The van der Waals surface area contributed by atoms with Gasteiger partial charge in [-0.2, -0.15) is 0 Å². The highest BCUT2D eigenvalue weighted by Crippen LogP contribution is 2.33. The molecule has 1 aromatic carbocycles. The minimum atomic E-state index is -1.07. The van der Waals surface area contributed by atoms with E-state index in [1.807, 2.05) is 11.9 Å². The molecule has 1 unspecified atom stereocenters. The van der Waals surface area contributed by atoms with Gasteiger partial charge >= 0.3 is 0 Å². The molecule has 0 amide bonds. The van der Waals surface area contributed by atoms with Crippen LogP contribution in [0.2, 0.25) is 5.02 Å². The van der Waals surface area contributed by atoms with Crippen LogP contribution in [0.25, 0.3) is 0 Å². The molecule has 1 fully saturated rings. The molecule has 1 saturated heterocycles. The summed E-state index contributed by atoms with van der Waals surface area (Å²) in [5.74, 6) is -0.430. The van der Waals surface area contributed by atoms with Crippen LogP contribution in [-0.4, -0.2) is 30.1 Å². The summed E-state index contributed by atoms with van der Waals surface area (Å²) in [6.45, 7) is 1.24. The number of rotatable bonds is 1. The smallest absolute Gasteiger partial charge is 0.130 e. The zero-order valence-electron chi connectivity index (χ0n) is 8.50. The van der Waals surface area contributed by atoms with Gasteiger partial charge in [-0.05, 0) is 25.6 Å². The molecular weight excluding hydrogens is 217 g/mol. The number of aliphatic hydroxyl groups is 1. The molecule has 4 heteroatoms. The van der Waals surface area contributed by atoms with Gasteiger partial charge in [-0.1, -0.05) is 17.7 Å². The third-order valence-electron chi connectivity index (χ3n) is 2.87. The number of benzene rings is 1. The molecule has 0 radical (unpaired) electrons. The van der Waals surface area contributed by atoms with Gasteiger partial charge in [0.15, 0.2) is 0 Å². The average Bonchev–Trinajstić information content (AvgIpc) is 2.46. The van der Waals surface area contributed by atoms with Gasteiger partial charge in [0, 0.05) is 23.7 Å². The van der Waals surface area contributed by atoms with Gasteiger partial charge in [0.1, 0.15) is 11.4 Å². The van der Waals surface area contributed by atoms with Gasteiger partial charge in [0.2, 0.25) is 0 Å². The van der Waals surface area contributed by atoms with Crippen molar-refractivity contribution in [3.8, 4) is 0 Å². The molecule has 1 aliphatic rings. The summed E-state index contributed by atoms with van der Waals surface area (Å²) >= 11 is 5.67. The van der Waals surface area contributed by atoms with Crippen LogP contribution in [0.3, 0.4) is 0 Å². The predicted octanol–water partition coefficient (Wildman–Crippen LogP) is 2.00. The third kappa shape index (κ3) is 2.00. The van der Waals surface area contributed by atoms with E-state index >= 15 is 0 Å². The normalized spacial score (nSPS) is 27.2. The summed E-state index contributed by atoms with van der Waals surface area (Å²) in [7, 11) is 1.91. The van der Waals surface area contributed by atoms with Crippen molar-refractivity contribution in [2.45, 2.75) is 12.0 Å². The van der Waals surface area contributed by atoms with Crippen LogP contribution in [0, 0.1) is 5.82 Å². The molecule has 0 spiro atoms. The van der Waals surface area contributed by atoms with Crippen LogP contribution in [0.15, 0.2) is 18.2 Å². The summed E-state index contributed by atoms with van der Waals surface area (Å²) in [4.78, 5) is 1.98. The van der Waals surface area contributed by atoms with Crippen molar-refractivity contribution >= 4 is 11.6 Å². The van der Waals surface area contributed by atoms with Gasteiger partial charge in [-0.15, -0.1) is 0 Å². The van der Waals surface area contributed by atoms with Crippen molar-refractivity contribution in [3.05, 3.63) is 34.6 Å². The first-order valence-corrected chi connectivity index (χ1v) is 5.25. The van der Waals surface area contributed by atoms with E-state index in [0.29, 0.717) is 23.6 Å². The topological polar surface area (TPSA) is 23.5 Å². The second-order valence-electron chi connectivity index (χ2n) is 4.14. The predicted molar refractivity (Wildman–Crippen MR) is 57.4 cm³/mol. The molecule has 82 valence electrons. The summed E-state index contributed by atoms with van der Waals surface area (Å²) in [6, 6.07) is 4.42. The molecule has 0 aromatic heterocycles. The minimum absolute atomic E-state index is 0.344. The lowest BCUT2D eigenvalue weighted by Crippen LogP contribution is -2.30. The van der Waals surface area contributed by atoms with Crippen molar-refractivity contribution in [1.29, 1.82) is 0 Å². The first-order valence-electron chi connectivity index (χ1n) is 4.88. The van der Waals surface area contributed by atoms with E-state index in [-0.39, 0.29) is 0 Å². The van der Waals surface area contributed by atoms with Crippen molar-refractivity contribution in [3.63, 3.8) is 0 Å². The van der Waals surface area contributed by atoms with Crippen LogP contribution in [0.4, 0.5) is 4.39 Å². The lowest BCUT2D eigenvalue weighted by Gasteiger charge is -2.23. The van der Waals surface area contributed by atoms with Crippen LogP contribution in [-0.2, 0) is 5.60 Å². The summed E-state index contributed by atoms with van der Waals surface area (Å²) < 4.78 is 13.6. The fourth-order valence-electron chi connectivity index (χ4n) is 2.07. The van der Waals surface area contributed by atoms with E-state index < -0.39 is 11.4 Å². The van der Waals surface area contributed by atoms with E-state index in [0.717, 1.165) is 6.54 Å². The molecule has 0 aliphatic carbocycles. The zero-order valence-corrected chi connectivity index (χ0v) is 9.26. The number of hydrogen-bond donors (Lipinski definition) is 1. The molecule has 2 rings (SSSR count). The average molecular weight is 230 g/mol. The molecule has 1 atom stereocenters. The summed E-state index contributed by atoms with van der Waals surface area (Å²) in [6.07, 6.45) is 0.558. The zero-order chi connectivity index (χ0) is 11.1. The molecule has 0 bridgehead atoms. The molecule has 0 saturated carbocycles. The van der Waals surface area contributed by atoms with Crippen LogP contribution in [0.1, 0.15) is 12.0 Å². The highest BCUT2D eigenvalue weighted by atomic mass is 35.5. The first-order chi connectivity index (χ1) is 7.01. The van der Waals surface area contributed by atoms with Gasteiger partial charge in [0.05, 0.1) is 0 Å². The molecule has 1 aliphatic heterocycles. The Morgan fingerprint density at radius 2 is 2.27 bits per heavy atom. The lowest BCUT2D eigenvalue weighted by atomic mass is 9.92. The Kier molecular flexibility index (Phi) is 2.71. The maximum absolute atomic E-state index is 13.6. The fraction of sp³-hybridized carbons (Fsp3) is 0.455. The highest BCUT2D eigenvalue weighted by Gasteiger charge is 2.37. The van der Waals surface area contributed by atoms with Crippen LogP contribution < -0.4 is 0 Å². The summed E-state index contributed by atoms with van der Waals surface area (Å²) in [5, 5.41) is 10.6. The van der Waals surface area contributed by atoms with Crippen molar-refractivity contribution < 1.29 is 9.50 Å². The Hall–Kier alpha value is -0.640. The van der Waals surface area contributed by atoms with Gasteiger partial charge in [-0.3, -0.25) is 0 Å². The molecule has 1 heterocycles. The van der Waals surface area contributed by atoms with E-state index in [1.54, 1.807) is 12.1 Å². The Morgan fingerprint density at radius 3 is 2.80 bits per heavy atom. The molecule has 1 N–H and O–H groups in total. The second kappa shape index (κ2) is 3.74. The Morgan fingerprint density at radius 1 is 1.53 bits per heavy atom. The van der Waals surface area contributed by atoms with E-state index in [9.17, 15) is 9.50 Å². The molecule has 15 heavy (non-hydrogen) atoms. The number of β-amino-alcohol motifs (C(OH)–C–C–N with tert-alkyl or cyclic N) is 1. The minimum Gasteiger partial charge on any atom is -0.384 e. The summed E-state index contributed by atoms with van der Waals surface area (Å²) in [5.41, 5.74) is -0.722. The molecule has 2 nitrogen and oxygen atoms in total. The Labute approximate surface area is 93.3 Å². The second-order valence-corrected chi connectivity index (χ2v) is 4.58. The van der Waals surface area contributed by atoms with Crippen LogP contribution >= 0.6 is 11.6 Å². The first kappa shape index (κ1) is 10.9. The SMILES string of the molecule is CN1CCC(O)(c2ccc(Cl)cc2F)C1. The van der Waals surface area contributed by atoms with E-state index in [2.05, 4.69) is 0 Å². The number of likely N-dealkylation sites (tertiary alicyclic amines) is 1. The number of nitrogens with zero attached hydrogens (tertiary/aromatic N) is 1. The number of hydrogen-bond acceptors (Lipinski definition) is 2. The largest absolute Gasteiger partial charge is 0.384 e. The Bertz CT molecular complexity index is 385. The van der Waals surface area contributed by atoms with Gasteiger partial charge in [-0.25, -0.2) is 4.39 Å². The Balaban J connectivity index is 2.37. The van der Waals surface area contributed by atoms with Crippen LogP contribution in [0.5, 0.6) is 0 Å². The number of likely N-dealkylation sites (N-methyl/N-ethyl adjacent to an activating group) is 1.